The number of aromatic amines is 1. The van der Waals surface area contributed by atoms with Crippen LogP contribution in [0.3, 0.4) is 0 Å². The van der Waals surface area contributed by atoms with Gasteiger partial charge in [-0.1, -0.05) is 6.08 Å². The summed E-state index contributed by atoms with van der Waals surface area (Å²) in [5.74, 6) is 1.22. The summed E-state index contributed by atoms with van der Waals surface area (Å²) in [6, 6.07) is 0. The Labute approximate surface area is 82.8 Å². The van der Waals surface area contributed by atoms with Gasteiger partial charge in [-0.3, -0.25) is 0 Å². The van der Waals surface area contributed by atoms with Crippen LogP contribution in [0.2, 0.25) is 0 Å². The lowest BCUT2D eigenvalue weighted by atomic mass is 10.1. The van der Waals surface area contributed by atoms with Gasteiger partial charge in [-0.2, -0.15) is 0 Å². The zero-order chi connectivity index (χ0) is 8.10. The zero-order valence-corrected chi connectivity index (χ0v) is 8.58. The number of aromatic nitrogens is 2. The van der Waals surface area contributed by atoms with E-state index in [4.69, 9.17) is 5.73 Å². The topological polar surface area (TPSA) is 54.7 Å². The number of H-pyrrole nitrogens is 1. The maximum absolute atomic E-state index is 5.42. The van der Waals surface area contributed by atoms with Crippen molar-refractivity contribution >= 4 is 17.0 Å². The molecule has 1 unspecified atom stereocenters. The van der Waals surface area contributed by atoms with Crippen LogP contribution in [-0.4, -0.2) is 16.5 Å². The Balaban J connectivity index is 0.00000121. The maximum atomic E-state index is 5.42. The van der Waals surface area contributed by atoms with Gasteiger partial charge in [0.15, 0.2) is 0 Å². The van der Waals surface area contributed by atoms with E-state index in [1.54, 1.807) is 6.20 Å². The van der Waals surface area contributed by atoms with Crippen LogP contribution >= 0.6 is 17.0 Å². The van der Waals surface area contributed by atoms with Crippen molar-refractivity contribution in [1.29, 1.82) is 0 Å². The molecule has 3 N–H and O–H groups in total. The molecule has 0 saturated heterocycles. The van der Waals surface area contributed by atoms with Crippen LogP contribution < -0.4 is 5.73 Å². The second-order valence-electron chi connectivity index (χ2n) is 2.39. The zero-order valence-electron chi connectivity index (χ0n) is 6.86. The number of rotatable bonds is 4. The molecule has 0 radical (unpaired) electrons. The molecule has 0 spiro atoms. The number of hydrogen-bond acceptors (Lipinski definition) is 2. The number of hydrogen-bond donors (Lipinski definition) is 2. The summed E-state index contributed by atoms with van der Waals surface area (Å²) in [6.45, 7) is 4.38. The van der Waals surface area contributed by atoms with Crippen LogP contribution in [0.4, 0.5) is 0 Å². The fourth-order valence-corrected chi connectivity index (χ4v) is 1.03. The third kappa shape index (κ3) is 2.79. The predicted octanol–water partition coefficient (Wildman–Crippen LogP) is 1.61. The van der Waals surface area contributed by atoms with Crippen LogP contribution in [0.25, 0.3) is 0 Å². The van der Waals surface area contributed by atoms with Crippen molar-refractivity contribution in [2.24, 2.45) is 5.73 Å². The first-order valence-electron chi connectivity index (χ1n) is 3.70. The van der Waals surface area contributed by atoms with E-state index in [1.807, 2.05) is 12.3 Å². The fourth-order valence-electron chi connectivity index (χ4n) is 1.03. The van der Waals surface area contributed by atoms with Crippen molar-refractivity contribution < 1.29 is 0 Å². The minimum absolute atomic E-state index is 0. The van der Waals surface area contributed by atoms with Crippen molar-refractivity contribution in [2.45, 2.75) is 12.3 Å². The lowest BCUT2D eigenvalue weighted by Gasteiger charge is -2.06. The third-order valence-electron chi connectivity index (χ3n) is 1.63. The summed E-state index contributed by atoms with van der Waals surface area (Å²) in [6.07, 6.45) is 6.31. The maximum Gasteiger partial charge on any atom is 0.112 e. The normalized spacial score (nSPS) is 11.8. The molecule has 1 aromatic heterocycles. The molecule has 0 aromatic carbocycles. The Morgan fingerprint density at radius 2 is 2.50 bits per heavy atom. The number of nitrogens with two attached hydrogens (primary N) is 1. The van der Waals surface area contributed by atoms with E-state index in [0.717, 1.165) is 12.2 Å². The summed E-state index contributed by atoms with van der Waals surface area (Å²) < 4.78 is 0. The van der Waals surface area contributed by atoms with Gasteiger partial charge in [-0.25, -0.2) is 4.98 Å². The Bertz CT molecular complexity index is 208. The number of nitrogens with zero attached hydrogens (tertiary/aromatic N) is 1. The number of imidazole rings is 1. The van der Waals surface area contributed by atoms with E-state index in [0.29, 0.717) is 6.54 Å². The largest absolute Gasteiger partial charge is 0.348 e. The average molecular weight is 232 g/mol. The van der Waals surface area contributed by atoms with Gasteiger partial charge in [0.25, 0.3) is 0 Å². The third-order valence-corrected chi connectivity index (χ3v) is 1.63. The van der Waals surface area contributed by atoms with Crippen molar-refractivity contribution in [3.05, 3.63) is 30.9 Å². The van der Waals surface area contributed by atoms with Gasteiger partial charge < -0.3 is 10.7 Å². The first-order chi connectivity index (χ1) is 5.38. The van der Waals surface area contributed by atoms with Crippen LogP contribution in [-0.2, 0) is 0 Å². The molecule has 4 heteroatoms. The molecular weight excluding hydrogens is 218 g/mol. The van der Waals surface area contributed by atoms with E-state index in [1.165, 1.54) is 0 Å². The Kier molecular flexibility index (Phi) is 5.66. The SMILES string of the molecule is Br.C=CC(CCN)c1ncc[nH]1. The molecule has 0 aliphatic heterocycles. The highest BCUT2D eigenvalue weighted by Crippen LogP contribution is 2.14. The van der Waals surface area contributed by atoms with Crippen LogP contribution in [0, 0.1) is 0 Å². The highest BCUT2D eigenvalue weighted by molar-refractivity contribution is 8.93. The second kappa shape index (κ2) is 5.97. The molecule has 68 valence electrons. The standard InChI is InChI=1S/C8H13N3.BrH/c1-2-7(3-4-9)8-10-5-6-11-8;/h2,5-7H,1,3-4,9H2,(H,10,11);1H. The number of halogens is 1. The smallest absolute Gasteiger partial charge is 0.112 e. The first kappa shape index (κ1) is 11.4. The Morgan fingerprint density at radius 1 is 1.75 bits per heavy atom. The van der Waals surface area contributed by atoms with Gasteiger partial charge in [0.2, 0.25) is 0 Å². The highest BCUT2D eigenvalue weighted by Gasteiger charge is 2.07. The van der Waals surface area contributed by atoms with Crippen molar-refractivity contribution in [1.82, 2.24) is 9.97 Å². The molecule has 0 aliphatic carbocycles. The van der Waals surface area contributed by atoms with E-state index in [2.05, 4.69) is 16.5 Å². The van der Waals surface area contributed by atoms with Gasteiger partial charge in [0, 0.05) is 18.3 Å². The highest BCUT2D eigenvalue weighted by atomic mass is 79.9. The number of allylic oxidation sites excluding steroid dienone is 1. The molecule has 0 bridgehead atoms. The Hall–Kier alpha value is -0.610. The molecule has 0 fully saturated rings. The first-order valence-corrected chi connectivity index (χ1v) is 3.70. The predicted molar refractivity (Wildman–Crippen MR) is 55.5 cm³/mol. The molecule has 3 nitrogen and oxygen atoms in total. The van der Waals surface area contributed by atoms with E-state index in [-0.39, 0.29) is 22.9 Å². The van der Waals surface area contributed by atoms with Crippen molar-refractivity contribution in [2.75, 3.05) is 6.54 Å². The molecule has 0 saturated carbocycles. The molecular formula is C8H14BrN3. The summed E-state index contributed by atoms with van der Waals surface area (Å²) in [4.78, 5) is 7.16. The second-order valence-corrected chi connectivity index (χ2v) is 2.39. The van der Waals surface area contributed by atoms with Crippen LogP contribution in [0.15, 0.2) is 25.0 Å². The molecule has 0 aliphatic rings. The molecule has 12 heavy (non-hydrogen) atoms. The molecule has 1 atom stereocenters. The lowest BCUT2D eigenvalue weighted by Crippen LogP contribution is -2.06. The van der Waals surface area contributed by atoms with Gasteiger partial charge in [0.05, 0.1) is 0 Å². The van der Waals surface area contributed by atoms with Gasteiger partial charge in [-0.15, -0.1) is 23.6 Å². The summed E-state index contributed by atoms with van der Waals surface area (Å²) >= 11 is 0. The molecule has 1 rings (SSSR count). The van der Waals surface area contributed by atoms with Crippen molar-refractivity contribution in [3.8, 4) is 0 Å². The van der Waals surface area contributed by atoms with E-state index in [9.17, 15) is 0 Å². The van der Waals surface area contributed by atoms with Crippen LogP contribution in [0.5, 0.6) is 0 Å². The van der Waals surface area contributed by atoms with Gasteiger partial charge in [-0.05, 0) is 13.0 Å². The summed E-state index contributed by atoms with van der Waals surface area (Å²) in [5.41, 5.74) is 5.42. The summed E-state index contributed by atoms with van der Waals surface area (Å²) in [5, 5.41) is 0. The lowest BCUT2D eigenvalue weighted by molar-refractivity contribution is 0.711. The molecule has 0 amide bonds. The van der Waals surface area contributed by atoms with E-state index >= 15 is 0 Å². The monoisotopic (exact) mass is 231 g/mol. The average Bonchev–Trinajstić information content (AvgIpc) is 2.52. The van der Waals surface area contributed by atoms with Crippen molar-refractivity contribution in [3.63, 3.8) is 0 Å². The fraction of sp³-hybridized carbons (Fsp3) is 0.375. The summed E-state index contributed by atoms with van der Waals surface area (Å²) in [7, 11) is 0. The minimum Gasteiger partial charge on any atom is -0.348 e. The Morgan fingerprint density at radius 3 is 2.92 bits per heavy atom. The molecule has 1 aromatic rings. The van der Waals surface area contributed by atoms with Gasteiger partial charge >= 0.3 is 0 Å². The quantitative estimate of drug-likeness (QED) is 0.775. The van der Waals surface area contributed by atoms with Crippen LogP contribution in [0.1, 0.15) is 18.2 Å². The molecule has 1 heterocycles. The minimum atomic E-state index is 0. The van der Waals surface area contributed by atoms with Gasteiger partial charge in [0.1, 0.15) is 5.82 Å². The van der Waals surface area contributed by atoms with E-state index < -0.39 is 0 Å². The number of nitrogens with one attached hydrogen (secondary N) is 1.